The molecular weight excluding hydrogens is 457 g/mol. The number of halogens is 1. The molecule has 9 nitrogen and oxygen atoms in total. The van der Waals surface area contributed by atoms with Gasteiger partial charge in [-0.1, -0.05) is 5.11 Å². The van der Waals surface area contributed by atoms with Crippen molar-refractivity contribution >= 4 is 17.3 Å². The van der Waals surface area contributed by atoms with Crippen LogP contribution in [0, 0.1) is 0 Å². The maximum atomic E-state index is 5.60. The minimum absolute atomic E-state index is 0. The molecule has 0 fully saturated rings. The quantitative estimate of drug-likeness (QED) is 0.109. The second-order valence-electron chi connectivity index (χ2n) is 6.25. The maximum Gasteiger partial charge on any atom is 0.421 e. The van der Waals surface area contributed by atoms with Gasteiger partial charge >= 0.3 is 5.95 Å². The summed E-state index contributed by atoms with van der Waals surface area (Å²) < 4.78 is 3.83. The van der Waals surface area contributed by atoms with E-state index in [1.165, 1.54) is 0 Å². The molecule has 1 aromatic heterocycles. The van der Waals surface area contributed by atoms with Crippen molar-refractivity contribution in [2.24, 2.45) is 35.8 Å². The first kappa shape index (κ1) is 23.4. The third-order valence-corrected chi connectivity index (χ3v) is 3.91. The summed E-state index contributed by atoms with van der Waals surface area (Å²) in [5, 5.41) is 18.7. The Morgan fingerprint density at radius 2 is 1.67 bits per heavy atom. The number of aryl methyl sites for hydroxylation is 2. The zero-order valence-corrected chi connectivity index (χ0v) is 18.3. The molecule has 0 spiro atoms. The van der Waals surface area contributed by atoms with E-state index in [2.05, 4.69) is 26.2 Å². The van der Waals surface area contributed by atoms with Crippen LogP contribution in [0.15, 0.2) is 46.9 Å². The average molecular weight is 487 g/mol. The first-order chi connectivity index (χ1) is 12.5. The normalized spacial score (nSPS) is 11.6. The Hall–Kier alpha value is -1.60. The van der Waals surface area contributed by atoms with Crippen LogP contribution in [0.1, 0.15) is 6.92 Å². The highest BCUT2D eigenvalue weighted by Gasteiger charge is 2.21. The van der Waals surface area contributed by atoms with Gasteiger partial charge in [0.1, 0.15) is 11.5 Å². The fourth-order valence-corrected chi connectivity index (χ4v) is 2.52. The van der Waals surface area contributed by atoms with Gasteiger partial charge in [0.25, 0.3) is 0 Å². The van der Waals surface area contributed by atoms with E-state index in [0.29, 0.717) is 26.2 Å². The van der Waals surface area contributed by atoms with Crippen molar-refractivity contribution in [1.29, 1.82) is 0 Å². The van der Waals surface area contributed by atoms with Crippen molar-refractivity contribution in [3.05, 3.63) is 36.7 Å². The Kier molecular flexibility index (Phi) is 9.80. The van der Waals surface area contributed by atoms with Gasteiger partial charge < -0.3 is 40.8 Å². The predicted molar refractivity (Wildman–Crippen MR) is 103 cm³/mol. The van der Waals surface area contributed by atoms with Crippen LogP contribution in [0.25, 0.3) is 0 Å². The third kappa shape index (κ3) is 7.14. The molecule has 0 saturated carbocycles. The average Bonchev–Trinajstić information content (AvgIpc) is 2.96. The van der Waals surface area contributed by atoms with E-state index in [9.17, 15) is 0 Å². The summed E-state index contributed by atoms with van der Waals surface area (Å²) in [5.74, 6) is 0.273. The molecule has 10 heteroatoms. The highest BCUT2D eigenvalue weighted by Crippen LogP contribution is 2.20. The zero-order valence-electron chi connectivity index (χ0n) is 16.1. The van der Waals surface area contributed by atoms with Crippen molar-refractivity contribution in [2.45, 2.75) is 12.7 Å². The zero-order chi connectivity index (χ0) is 19.0. The lowest BCUT2D eigenvalue weighted by molar-refractivity contribution is -0.657. The maximum absolute atomic E-state index is 5.60. The molecule has 2 rings (SSSR count). The van der Waals surface area contributed by atoms with E-state index in [1.54, 1.807) is 0 Å². The third-order valence-electron chi connectivity index (χ3n) is 3.91. The van der Waals surface area contributed by atoms with Crippen LogP contribution in [0.4, 0.5) is 17.3 Å². The number of imidazole rings is 1. The molecule has 0 atom stereocenters. The minimum Gasteiger partial charge on any atom is -1.00 e. The van der Waals surface area contributed by atoms with Gasteiger partial charge in [-0.15, -0.1) is 0 Å². The van der Waals surface area contributed by atoms with Crippen LogP contribution in [-0.4, -0.2) is 36.5 Å². The minimum atomic E-state index is -0.501. The van der Waals surface area contributed by atoms with Crippen molar-refractivity contribution in [2.75, 3.05) is 31.5 Å². The van der Waals surface area contributed by atoms with E-state index < -0.39 is 5.79 Å². The van der Waals surface area contributed by atoms with Crippen LogP contribution in [-0.2, 0) is 14.1 Å². The molecule has 1 heterocycles. The van der Waals surface area contributed by atoms with Crippen LogP contribution in [0.5, 0.6) is 0 Å². The van der Waals surface area contributed by atoms with Crippen molar-refractivity contribution in [1.82, 2.24) is 15.2 Å². The van der Waals surface area contributed by atoms with E-state index >= 15 is 0 Å². The lowest BCUT2D eigenvalue weighted by atomic mass is 10.2. The molecule has 0 unspecified atom stereocenters. The number of rotatable bonds is 10. The number of aromatic nitrogens is 2. The topological polar surface area (TPSA) is 122 Å². The number of nitrogens with one attached hydrogen (secondary N) is 3. The van der Waals surface area contributed by atoms with Crippen LogP contribution in [0.2, 0.25) is 0 Å². The largest absolute Gasteiger partial charge is 1.00 e. The SMILES string of the molecule is Cn1cc[n+](C)c1N=Nc1ccc(NC(C)(NCCN)NCCN)cc1.[I-]. The van der Waals surface area contributed by atoms with Crippen LogP contribution < -0.4 is 56.0 Å². The van der Waals surface area contributed by atoms with E-state index in [0.717, 1.165) is 17.3 Å². The molecule has 0 saturated heterocycles. The Labute approximate surface area is 177 Å². The van der Waals surface area contributed by atoms with Gasteiger partial charge in [-0.05, 0) is 31.2 Å². The smallest absolute Gasteiger partial charge is 0.421 e. The molecule has 0 aliphatic carbocycles. The summed E-state index contributed by atoms with van der Waals surface area (Å²) in [4.78, 5) is 0. The summed E-state index contributed by atoms with van der Waals surface area (Å²) in [6.07, 6.45) is 3.87. The van der Waals surface area contributed by atoms with Crippen molar-refractivity contribution < 1.29 is 28.5 Å². The van der Waals surface area contributed by atoms with Gasteiger partial charge in [0.05, 0.1) is 26.5 Å². The van der Waals surface area contributed by atoms with Gasteiger partial charge in [-0.25, -0.2) is 9.13 Å². The molecule has 7 N–H and O–H groups in total. The standard InChI is InChI=1S/C17H29N9.HI/c1-17(20-10-8-18,21-11-9-19)22-14-4-6-15(7-5-14)23-24-16-25(2)12-13-26(16)3;/h4-7,12-13,20-21H,8-11,18-19H2,1-3H3;1H. The molecule has 0 bridgehead atoms. The summed E-state index contributed by atoms with van der Waals surface area (Å²) >= 11 is 0. The Balaban J connectivity index is 0.00000364. The molecule has 0 aliphatic heterocycles. The van der Waals surface area contributed by atoms with Crippen LogP contribution >= 0.6 is 0 Å². The lowest BCUT2D eigenvalue weighted by Crippen LogP contribution is -3.00. The Bertz CT molecular complexity index is 684. The van der Waals surface area contributed by atoms with E-state index in [1.807, 2.05) is 66.8 Å². The van der Waals surface area contributed by atoms with Gasteiger partial charge in [-0.3, -0.25) is 10.6 Å². The molecule has 0 radical (unpaired) electrons. The number of nitrogens with two attached hydrogens (primary N) is 2. The molecule has 150 valence electrons. The first-order valence-electron chi connectivity index (χ1n) is 8.68. The summed E-state index contributed by atoms with van der Waals surface area (Å²) in [7, 11) is 3.87. The number of nitrogens with zero attached hydrogens (tertiary/aromatic N) is 4. The molecule has 2 aromatic rings. The number of hydrogen-bond donors (Lipinski definition) is 5. The fraction of sp³-hybridized carbons (Fsp3) is 0.471. The Morgan fingerprint density at radius 1 is 1.07 bits per heavy atom. The molecule has 0 amide bonds. The molecule has 27 heavy (non-hydrogen) atoms. The van der Waals surface area contributed by atoms with Crippen LogP contribution in [0.3, 0.4) is 0 Å². The summed E-state index contributed by atoms with van der Waals surface area (Å²) in [6.45, 7) is 4.48. The Morgan fingerprint density at radius 3 is 2.15 bits per heavy atom. The number of hydrogen-bond acceptors (Lipinski definition) is 7. The monoisotopic (exact) mass is 487 g/mol. The number of benzene rings is 1. The van der Waals surface area contributed by atoms with Gasteiger partial charge in [-0.2, -0.15) is 0 Å². The summed E-state index contributed by atoms with van der Waals surface area (Å²) in [6, 6.07) is 7.76. The van der Waals surface area contributed by atoms with E-state index in [-0.39, 0.29) is 24.0 Å². The second-order valence-corrected chi connectivity index (χ2v) is 6.25. The lowest BCUT2D eigenvalue weighted by Gasteiger charge is -2.34. The molecule has 0 aliphatic rings. The number of azo groups is 1. The van der Waals surface area contributed by atoms with Crippen molar-refractivity contribution in [3.63, 3.8) is 0 Å². The second kappa shape index (κ2) is 11.3. The van der Waals surface area contributed by atoms with Gasteiger partial charge in [0.2, 0.25) is 0 Å². The molecule has 1 aromatic carbocycles. The summed E-state index contributed by atoms with van der Waals surface area (Å²) in [5.41, 5.74) is 12.9. The van der Waals surface area contributed by atoms with E-state index in [4.69, 9.17) is 11.5 Å². The predicted octanol–water partition coefficient (Wildman–Crippen LogP) is -2.55. The number of anilines is 1. The van der Waals surface area contributed by atoms with Crippen molar-refractivity contribution in [3.8, 4) is 0 Å². The van der Waals surface area contributed by atoms with Gasteiger partial charge in [0.15, 0.2) is 0 Å². The molecular formula is C17H30IN9. The first-order valence-corrected chi connectivity index (χ1v) is 8.68. The highest BCUT2D eigenvalue weighted by atomic mass is 127. The van der Waals surface area contributed by atoms with Gasteiger partial charge in [0, 0.05) is 37.0 Å². The highest BCUT2D eigenvalue weighted by molar-refractivity contribution is 5.51. The fourth-order valence-electron chi connectivity index (χ4n) is 2.52.